The first-order valence-corrected chi connectivity index (χ1v) is 7.76. The van der Waals surface area contributed by atoms with E-state index in [0.717, 1.165) is 42.6 Å². The van der Waals surface area contributed by atoms with Crippen molar-refractivity contribution in [3.8, 4) is 0 Å². The molecule has 6 heteroatoms. The number of anilines is 2. The summed E-state index contributed by atoms with van der Waals surface area (Å²) in [6, 6.07) is 5.76. The molecule has 1 saturated heterocycles. The Kier molecular flexibility index (Phi) is 4.17. The number of hydrogen-bond donors (Lipinski definition) is 1. The lowest BCUT2D eigenvalue weighted by Crippen LogP contribution is -2.36. The zero-order valence-electron chi connectivity index (χ0n) is 11.8. The van der Waals surface area contributed by atoms with Crippen LogP contribution in [-0.4, -0.2) is 37.2 Å². The van der Waals surface area contributed by atoms with Gasteiger partial charge in [-0.2, -0.15) is 0 Å². The van der Waals surface area contributed by atoms with Crippen molar-refractivity contribution in [1.29, 1.82) is 0 Å². The number of hydrogen-bond acceptors (Lipinski definition) is 5. The van der Waals surface area contributed by atoms with Crippen molar-refractivity contribution in [2.24, 2.45) is 0 Å². The lowest BCUT2D eigenvalue weighted by atomic mass is 10.3. The van der Waals surface area contributed by atoms with Gasteiger partial charge in [0, 0.05) is 13.1 Å². The molecule has 3 heterocycles. The van der Waals surface area contributed by atoms with Crippen LogP contribution in [0, 0.1) is 6.92 Å². The first-order chi connectivity index (χ1) is 10.2. The van der Waals surface area contributed by atoms with Gasteiger partial charge in [0.15, 0.2) is 0 Å². The number of carbonyl (C=O) groups excluding carboxylic acids is 1. The predicted molar refractivity (Wildman–Crippen MR) is 84.3 cm³/mol. The Morgan fingerprint density at radius 1 is 1.33 bits per heavy atom. The maximum atomic E-state index is 12.1. The van der Waals surface area contributed by atoms with E-state index in [1.807, 2.05) is 30.5 Å². The first kappa shape index (κ1) is 14.0. The van der Waals surface area contributed by atoms with Crippen molar-refractivity contribution in [2.45, 2.75) is 6.92 Å². The summed E-state index contributed by atoms with van der Waals surface area (Å²) in [6.07, 6.45) is 1.70. The van der Waals surface area contributed by atoms with Crippen LogP contribution in [0.5, 0.6) is 0 Å². The number of carbonyl (C=O) groups is 1. The van der Waals surface area contributed by atoms with Crippen molar-refractivity contribution in [3.05, 3.63) is 40.2 Å². The molecule has 1 aliphatic heterocycles. The molecule has 3 rings (SSSR count). The van der Waals surface area contributed by atoms with E-state index in [1.54, 1.807) is 6.20 Å². The fourth-order valence-electron chi connectivity index (χ4n) is 2.23. The average molecular weight is 303 g/mol. The van der Waals surface area contributed by atoms with Crippen LogP contribution in [0.2, 0.25) is 0 Å². The molecule has 0 bridgehead atoms. The highest BCUT2D eigenvalue weighted by Crippen LogP contribution is 2.19. The molecular formula is C15H17N3O2S. The van der Waals surface area contributed by atoms with Gasteiger partial charge in [0.1, 0.15) is 5.82 Å². The molecule has 0 saturated carbocycles. The van der Waals surface area contributed by atoms with E-state index in [2.05, 4.69) is 15.2 Å². The molecule has 2 aromatic rings. The smallest absolute Gasteiger partial charge is 0.266 e. The number of thiophene rings is 1. The Labute approximate surface area is 127 Å². The minimum atomic E-state index is -0.0802. The molecule has 0 spiro atoms. The van der Waals surface area contributed by atoms with E-state index in [9.17, 15) is 4.79 Å². The molecule has 1 amide bonds. The molecule has 1 fully saturated rings. The number of ether oxygens (including phenoxy) is 1. The van der Waals surface area contributed by atoms with Crippen LogP contribution in [-0.2, 0) is 4.74 Å². The summed E-state index contributed by atoms with van der Waals surface area (Å²) in [5, 5.41) is 4.80. The van der Waals surface area contributed by atoms with Crippen LogP contribution in [0.15, 0.2) is 29.8 Å². The largest absolute Gasteiger partial charge is 0.378 e. The lowest BCUT2D eigenvalue weighted by Gasteiger charge is -2.27. The summed E-state index contributed by atoms with van der Waals surface area (Å²) in [4.78, 5) is 19.5. The number of pyridine rings is 1. The second-order valence-corrected chi connectivity index (χ2v) is 5.81. The Morgan fingerprint density at radius 3 is 2.76 bits per heavy atom. The fourth-order valence-corrected chi connectivity index (χ4v) is 3.05. The van der Waals surface area contributed by atoms with Gasteiger partial charge in [-0.05, 0) is 36.1 Å². The Balaban J connectivity index is 1.67. The Morgan fingerprint density at radius 2 is 2.14 bits per heavy atom. The average Bonchev–Trinajstić information content (AvgIpc) is 2.95. The lowest BCUT2D eigenvalue weighted by molar-refractivity contribution is 0.103. The molecule has 5 nitrogen and oxygen atoms in total. The molecule has 0 aromatic carbocycles. The van der Waals surface area contributed by atoms with Gasteiger partial charge in [-0.25, -0.2) is 4.98 Å². The van der Waals surface area contributed by atoms with Gasteiger partial charge >= 0.3 is 0 Å². The summed E-state index contributed by atoms with van der Waals surface area (Å²) in [7, 11) is 0. The molecule has 0 unspecified atom stereocenters. The monoisotopic (exact) mass is 303 g/mol. The molecule has 0 radical (unpaired) electrons. The second-order valence-electron chi connectivity index (χ2n) is 4.89. The van der Waals surface area contributed by atoms with E-state index >= 15 is 0 Å². The van der Waals surface area contributed by atoms with Crippen molar-refractivity contribution in [3.63, 3.8) is 0 Å². The van der Waals surface area contributed by atoms with Gasteiger partial charge in [-0.15, -0.1) is 11.3 Å². The molecule has 0 atom stereocenters. The third-order valence-corrected chi connectivity index (χ3v) is 4.42. The normalized spacial score (nSPS) is 15.0. The summed E-state index contributed by atoms with van der Waals surface area (Å²) in [5.41, 5.74) is 1.71. The number of morpholine rings is 1. The second kappa shape index (κ2) is 6.24. The van der Waals surface area contributed by atoms with E-state index < -0.39 is 0 Å². The predicted octanol–water partition coefficient (Wildman–Crippen LogP) is 2.54. The quantitative estimate of drug-likeness (QED) is 0.947. The topological polar surface area (TPSA) is 54.5 Å². The number of nitrogens with zero attached hydrogens (tertiary/aromatic N) is 2. The summed E-state index contributed by atoms with van der Waals surface area (Å²) >= 11 is 1.45. The molecule has 110 valence electrons. The van der Waals surface area contributed by atoms with E-state index in [0.29, 0.717) is 5.69 Å². The third-order valence-electron chi connectivity index (χ3n) is 3.41. The molecule has 0 aliphatic carbocycles. The summed E-state index contributed by atoms with van der Waals surface area (Å²) < 4.78 is 5.32. The van der Waals surface area contributed by atoms with Crippen LogP contribution < -0.4 is 10.2 Å². The highest BCUT2D eigenvalue weighted by atomic mass is 32.1. The van der Waals surface area contributed by atoms with Gasteiger partial charge in [-0.1, -0.05) is 0 Å². The van der Waals surface area contributed by atoms with Gasteiger partial charge in [0.25, 0.3) is 5.91 Å². The first-order valence-electron chi connectivity index (χ1n) is 6.88. The van der Waals surface area contributed by atoms with Crippen molar-refractivity contribution in [2.75, 3.05) is 36.5 Å². The minimum absolute atomic E-state index is 0.0802. The van der Waals surface area contributed by atoms with Crippen LogP contribution in [0.4, 0.5) is 11.5 Å². The number of amides is 1. The summed E-state index contributed by atoms with van der Waals surface area (Å²) in [6.45, 7) is 5.11. The summed E-state index contributed by atoms with van der Waals surface area (Å²) in [5.74, 6) is 0.840. The maximum absolute atomic E-state index is 12.1. The minimum Gasteiger partial charge on any atom is -0.378 e. The van der Waals surface area contributed by atoms with Gasteiger partial charge in [-0.3, -0.25) is 4.79 Å². The molecule has 21 heavy (non-hydrogen) atoms. The van der Waals surface area contributed by atoms with Crippen molar-refractivity contribution >= 4 is 28.7 Å². The van der Waals surface area contributed by atoms with Crippen LogP contribution in [0.1, 0.15) is 15.2 Å². The van der Waals surface area contributed by atoms with Gasteiger partial charge in [0.2, 0.25) is 0 Å². The maximum Gasteiger partial charge on any atom is 0.266 e. The fraction of sp³-hybridized carbons (Fsp3) is 0.333. The molecular weight excluding hydrogens is 286 g/mol. The molecule has 1 N–H and O–H groups in total. The van der Waals surface area contributed by atoms with E-state index in [1.165, 1.54) is 11.3 Å². The number of aromatic nitrogens is 1. The molecule has 1 aliphatic rings. The molecule has 2 aromatic heterocycles. The standard InChI is InChI=1S/C15H17N3O2S/c1-11-4-9-21-14(11)15(19)17-12-2-3-13(16-10-12)18-5-7-20-8-6-18/h2-4,9-10H,5-8H2,1H3,(H,17,19). The Bertz CT molecular complexity index is 618. The van der Waals surface area contributed by atoms with Gasteiger partial charge in [0.05, 0.1) is 30.0 Å². The highest BCUT2D eigenvalue weighted by molar-refractivity contribution is 7.12. The zero-order chi connectivity index (χ0) is 14.7. The van der Waals surface area contributed by atoms with Gasteiger partial charge < -0.3 is 15.0 Å². The number of aryl methyl sites for hydroxylation is 1. The zero-order valence-corrected chi connectivity index (χ0v) is 12.7. The van der Waals surface area contributed by atoms with Crippen LogP contribution >= 0.6 is 11.3 Å². The van der Waals surface area contributed by atoms with Crippen molar-refractivity contribution < 1.29 is 9.53 Å². The van der Waals surface area contributed by atoms with Crippen LogP contribution in [0.25, 0.3) is 0 Å². The number of nitrogens with one attached hydrogen (secondary N) is 1. The van der Waals surface area contributed by atoms with Crippen molar-refractivity contribution in [1.82, 2.24) is 4.98 Å². The number of rotatable bonds is 3. The van der Waals surface area contributed by atoms with E-state index in [4.69, 9.17) is 4.74 Å². The highest BCUT2D eigenvalue weighted by Gasteiger charge is 2.13. The van der Waals surface area contributed by atoms with Crippen LogP contribution in [0.3, 0.4) is 0 Å². The SMILES string of the molecule is Cc1ccsc1C(=O)Nc1ccc(N2CCOCC2)nc1. The van der Waals surface area contributed by atoms with E-state index in [-0.39, 0.29) is 5.91 Å². The third kappa shape index (κ3) is 3.22. The Hall–Kier alpha value is -1.92.